The average Bonchev–Trinajstić information content (AvgIpc) is 3.40. The first-order chi connectivity index (χ1) is 15.6. The zero-order valence-electron chi connectivity index (χ0n) is 18.7. The maximum atomic E-state index is 6.98. The highest BCUT2D eigenvalue weighted by Gasteiger charge is 2.82. The molecule has 5 heterocycles. The average molecular weight is 430 g/mol. The SMILES string of the molecule is COc1ccc2c3c1OC1C4(OC)C=CC5(C(C2)N(C)CCC315)N1c2ccccc2CN14. The smallest absolute Gasteiger partial charge is 0.195 e. The van der Waals surface area contributed by atoms with Crippen molar-refractivity contribution in [3.8, 4) is 11.5 Å². The molecule has 0 amide bonds. The normalized spacial score (nSPS) is 39.5. The van der Waals surface area contributed by atoms with Gasteiger partial charge in [-0.2, -0.15) is 5.01 Å². The molecule has 164 valence electrons. The molecule has 2 fully saturated rings. The van der Waals surface area contributed by atoms with Crippen molar-refractivity contribution < 1.29 is 14.2 Å². The van der Waals surface area contributed by atoms with Gasteiger partial charge in [-0.1, -0.05) is 30.3 Å². The Morgan fingerprint density at radius 1 is 1.06 bits per heavy atom. The minimum Gasteiger partial charge on any atom is -0.493 e. The van der Waals surface area contributed by atoms with Crippen molar-refractivity contribution in [1.82, 2.24) is 9.91 Å². The molecule has 2 spiro atoms. The predicted molar refractivity (Wildman–Crippen MR) is 120 cm³/mol. The second kappa shape index (κ2) is 5.33. The molecule has 2 aromatic carbocycles. The lowest BCUT2D eigenvalue weighted by Gasteiger charge is -2.74. The van der Waals surface area contributed by atoms with Crippen LogP contribution in [0.4, 0.5) is 5.69 Å². The second-order valence-corrected chi connectivity index (χ2v) is 10.2. The Hall–Kier alpha value is -2.54. The molecule has 2 saturated heterocycles. The Morgan fingerprint density at radius 3 is 2.78 bits per heavy atom. The van der Waals surface area contributed by atoms with Crippen molar-refractivity contribution in [2.75, 3.05) is 32.8 Å². The minimum atomic E-state index is -0.667. The number of hydrogen-bond acceptors (Lipinski definition) is 6. The molecule has 32 heavy (non-hydrogen) atoms. The highest BCUT2D eigenvalue weighted by atomic mass is 16.6. The Labute approximate surface area is 187 Å². The fourth-order valence-corrected chi connectivity index (χ4v) is 8.24. The topological polar surface area (TPSA) is 37.4 Å². The minimum absolute atomic E-state index is 0.128. The summed E-state index contributed by atoms with van der Waals surface area (Å²) in [5, 5.41) is 5.04. The first-order valence-electron chi connectivity index (χ1n) is 11.6. The third-order valence-electron chi connectivity index (χ3n) is 9.40. The number of likely N-dealkylation sites (N-methyl/N-ethyl adjacent to an activating group) is 1. The molecule has 0 N–H and O–H groups in total. The third kappa shape index (κ3) is 1.52. The lowest BCUT2D eigenvalue weighted by atomic mass is 9.46. The van der Waals surface area contributed by atoms with Crippen LogP contribution in [0.15, 0.2) is 48.6 Å². The van der Waals surface area contributed by atoms with Crippen molar-refractivity contribution in [1.29, 1.82) is 0 Å². The molecule has 4 bridgehead atoms. The van der Waals surface area contributed by atoms with E-state index in [1.54, 1.807) is 7.11 Å². The summed E-state index contributed by atoms with van der Waals surface area (Å²) < 4.78 is 19.3. The summed E-state index contributed by atoms with van der Waals surface area (Å²) in [6.07, 6.45) is 6.68. The number of methoxy groups -OCH3 is 2. The zero-order chi connectivity index (χ0) is 21.5. The van der Waals surface area contributed by atoms with Crippen molar-refractivity contribution >= 4 is 5.69 Å². The molecular weight excluding hydrogens is 402 g/mol. The van der Waals surface area contributed by atoms with Gasteiger partial charge in [0.25, 0.3) is 0 Å². The third-order valence-corrected chi connectivity index (χ3v) is 9.40. The van der Waals surface area contributed by atoms with Crippen LogP contribution >= 0.6 is 0 Å². The molecule has 6 nitrogen and oxygen atoms in total. The number of anilines is 1. The second-order valence-electron chi connectivity index (χ2n) is 10.2. The van der Waals surface area contributed by atoms with Crippen LogP contribution in [-0.4, -0.2) is 61.1 Å². The van der Waals surface area contributed by atoms with Crippen LogP contribution in [0.1, 0.15) is 23.1 Å². The van der Waals surface area contributed by atoms with Crippen LogP contribution < -0.4 is 14.5 Å². The van der Waals surface area contributed by atoms with E-state index in [9.17, 15) is 0 Å². The van der Waals surface area contributed by atoms with Crippen LogP contribution in [0.25, 0.3) is 0 Å². The monoisotopic (exact) mass is 429 g/mol. The lowest BCUT2D eigenvalue weighted by molar-refractivity contribution is -0.243. The van der Waals surface area contributed by atoms with Crippen molar-refractivity contribution in [2.45, 2.75) is 48.2 Å². The highest BCUT2D eigenvalue weighted by Crippen LogP contribution is 2.72. The summed E-state index contributed by atoms with van der Waals surface area (Å²) in [7, 11) is 5.87. The maximum Gasteiger partial charge on any atom is 0.195 e. The molecule has 0 saturated carbocycles. The van der Waals surface area contributed by atoms with Gasteiger partial charge in [0.05, 0.1) is 18.2 Å². The van der Waals surface area contributed by atoms with Gasteiger partial charge in [0, 0.05) is 25.3 Å². The Kier molecular flexibility index (Phi) is 2.99. The van der Waals surface area contributed by atoms with Gasteiger partial charge < -0.3 is 19.1 Å². The predicted octanol–water partition coefficient (Wildman–Crippen LogP) is 2.86. The number of para-hydroxylation sites is 1. The number of ether oxygens (including phenoxy) is 3. The molecule has 2 aliphatic carbocycles. The van der Waals surface area contributed by atoms with Crippen LogP contribution in [0.2, 0.25) is 0 Å². The van der Waals surface area contributed by atoms with Crippen LogP contribution in [0.5, 0.6) is 11.5 Å². The molecule has 5 unspecified atom stereocenters. The van der Waals surface area contributed by atoms with E-state index in [2.05, 4.69) is 70.5 Å². The summed E-state index contributed by atoms with van der Waals surface area (Å²) in [6, 6.07) is 13.5. The largest absolute Gasteiger partial charge is 0.493 e. The van der Waals surface area contributed by atoms with Gasteiger partial charge in [0.15, 0.2) is 23.3 Å². The molecule has 5 atom stereocenters. The molecular formula is C26H27N3O3. The van der Waals surface area contributed by atoms with E-state index in [-0.39, 0.29) is 17.1 Å². The Morgan fingerprint density at radius 2 is 1.94 bits per heavy atom. The van der Waals surface area contributed by atoms with Gasteiger partial charge in [-0.15, -0.1) is 0 Å². The number of benzene rings is 2. The first-order valence-corrected chi connectivity index (χ1v) is 11.6. The number of hydrogen-bond donors (Lipinski definition) is 0. The Bertz CT molecular complexity index is 1230. The number of hydrazine groups is 1. The van der Waals surface area contributed by atoms with E-state index in [0.717, 1.165) is 37.4 Å². The number of nitrogens with zero attached hydrogens (tertiary/aromatic N) is 3. The quantitative estimate of drug-likeness (QED) is 0.684. The van der Waals surface area contributed by atoms with Crippen molar-refractivity contribution in [2.24, 2.45) is 0 Å². The Balaban J connectivity index is 1.52. The molecule has 0 aromatic heterocycles. The number of piperidine rings is 1. The summed E-state index contributed by atoms with van der Waals surface area (Å²) in [5.74, 6) is 1.77. The van der Waals surface area contributed by atoms with Gasteiger partial charge in [-0.05, 0) is 55.8 Å². The van der Waals surface area contributed by atoms with Crippen molar-refractivity contribution in [3.05, 3.63) is 65.2 Å². The van der Waals surface area contributed by atoms with Crippen LogP contribution in [0, 0.1) is 0 Å². The lowest BCUT2D eigenvalue weighted by Crippen LogP contribution is -2.90. The number of likely N-dealkylation sites (tertiary alicyclic amines) is 1. The summed E-state index contributed by atoms with van der Waals surface area (Å²) >= 11 is 0. The van der Waals surface area contributed by atoms with Crippen LogP contribution in [-0.2, 0) is 23.1 Å². The van der Waals surface area contributed by atoms with E-state index in [0.29, 0.717) is 6.04 Å². The fourth-order valence-electron chi connectivity index (χ4n) is 8.24. The molecule has 5 aliphatic heterocycles. The van der Waals surface area contributed by atoms with Gasteiger partial charge >= 0.3 is 0 Å². The van der Waals surface area contributed by atoms with Gasteiger partial charge in [0.2, 0.25) is 0 Å². The summed E-state index contributed by atoms with van der Waals surface area (Å²) in [4.78, 5) is 2.57. The van der Waals surface area contributed by atoms with Gasteiger partial charge in [0.1, 0.15) is 5.54 Å². The molecule has 0 radical (unpaired) electrons. The summed E-state index contributed by atoms with van der Waals surface area (Å²) in [6.45, 7) is 1.87. The first kappa shape index (κ1) is 18.0. The van der Waals surface area contributed by atoms with Gasteiger partial charge in [-0.25, -0.2) is 0 Å². The maximum absolute atomic E-state index is 6.98. The van der Waals surface area contributed by atoms with E-state index in [1.165, 1.54) is 22.4 Å². The molecule has 9 rings (SSSR count). The van der Waals surface area contributed by atoms with Gasteiger partial charge in [-0.3, -0.25) is 5.01 Å². The molecule has 6 heteroatoms. The molecule has 2 aromatic rings. The number of rotatable bonds is 2. The van der Waals surface area contributed by atoms with Crippen LogP contribution in [0.3, 0.4) is 0 Å². The van der Waals surface area contributed by atoms with E-state index in [4.69, 9.17) is 14.2 Å². The standard InChI is InChI=1S/C26H27N3O3/c1-27-13-12-24-21-16-8-9-19(30-2)22(21)32-23(24)26(31-3)11-10-25(24,20(27)14-16)29-18-7-5-4-6-17(18)15-28(26)29/h4-11,20,23H,12-15H2,1-3H3. The summed E-state index contributed by atoms with van der Waals surface area (Å²) in [5.41, 5.74) is 4.32. The van der Waals surface area contributed by atoms with E-state index in [1.807, 2.05) is 7.11 Å². The number of fused-ring (bicyclic) bond motifs is 1. The fraction of sp³-hybridized carbons (Fsp3) is 0.462. The molecule has 7 aliphatic rings. The van der Waals surface area contributed by atoms with E-state index < -0.39 is 5.72 Å². The highest BCUT2D eigenvalue weighted by molar-refractivity contribution is 5.73. The van der Waals surface area contributed by atoms with Crippen molar-refractivity contribution in [3.63, 3.8) is 0 Å². The van der Waals surface area contributed by atoms with E-state index >= 15 is 0 Å². The zero-order valence-corrected chi connectivity index (χ0v) is 18.7.